The van der Waals surface area contributed by atoms with Gasteiger partial charge in [0.05, 0.1) is 15.7 Å². The van der Waals surface area contributed by atoms with Crippen LogP contribution in [-0.2, 0) is 6.54 Å². The molecule has 2 nitrogen and oxygen atoms in total. The van der Waals surface area contributed by atoms with Gasteiger partial charge in [-0.3, -0.25) is 4.90 Å². The monoisotopic (exact) mass is 284 g/mol. The lowest BCUT2D eigenvalue weighted by Gasteiger charge is -2.14. The van der Waals surface area contributed by atoms with Gasteiger partial charge in [0.15, 0.2) is 0 Å². The van der Waals surface area contributed by atoms with E-state index in [-0.39, 0.29) is 0 Å². The van der Waals surface area contributed by atoms with Gasteiger partial charge in [-0.25, -0.2) is 0 Å². The molecule has 2 aliphatic heterocycles. The second-order valence-corrected chi connectivity index (χ2v) is 4.87. The molecule has 2 fully saturated rings. The molecule has 2 saturated heterocycles. The summed E-state index contributed by atoms with van der Waals surface area (Å²) in [5.41, 5.74) is 1.39. The summed E-state index contributed by atoms with van der Waals surface area (Å²) in [4.78, 5) is 2.42. The fourth-order valence-corrected chi connectivity index (χ4v) is 2.02. The highest BCUT2D eigenvalue weighted by Crippen LogP contribution is 2.19. The highest BCUT2D eigenvalue weighted by Gasteiger charge is 2.17. The van der Waals surface area contributed by atoms with Crippen molar-refractivity contribution in [1.29, 1.82) is 0 Å². The average Bonchev–Trinajstić information content (AvgIpc) is 2.88. The van der Waals surface area contributed by atoms with Crippen LogP contribution < -0.4 is 5.32 Å². The molecule has 2 aliphatic rings. The van der Waals surface area contributed by atoms with Crippen LogP contribution in [0.3, 0.4) is 0 Å². The first-order valence-electron chi connectivity index (χ1n) is 8.15. The maximum absolute atomic E-state index is 5.84. The minimum Gasteiger partial charge on any atom is -0.317 e. The Morgan fingerprint density at radius 3 is 2.05 bits per heavy atom. The van der Waals surface area contributed by atoms with Gasteiger partial charge < -0.3 is 5.32 Å². The van der Waals surface area contributed by atoms with E-state index in [1.165, 1.54) is 31.9 Å². The van der Waals surface area contributed by atoms with Crippen LogP contribution in [-0.4, -0.2) is 46.8 Å². The lowest BCUT2D eigenvalue weighted by atomic mass is 9.87. The Morgan fingerprint density at radius 2 is 1.67 bits per heavy atom. The molecule has 3 rings (SSSR count). The molecule has 0 amide bonds. The molecule has 1 aromatic rings. The fraction of sp³-hybridized carbons (Fsp3) is 0.647. The largest absolute Gasteiger partial charge is 0.317 e. The van der Waals surface area contributed by atoms with Crippen LogP contribution in [0.4, 0.5) is 0 Å². The Labute approximate surface area is 134 Å². The van der Waals surface area contributed by atoms with Crippen LogP contribution in [0.25, 0.3) is 0 Å². The first-order chi connectivity index (χ1) is 10.3. The highest BCUT2D eigenvalue weighted by atomic mass is 15.1. The maximum Gasteiger partial charge on any atom is 0.0717 e. The van der Waals surface area contributed by atoms with Gasteiger partial charge in [-0.1, -0.05) is 56.8 Å². The van der Waals surface area contributed by atoms with Crippen molar-refractivity contribution >= 4 is 15.7 Å². The first kappa shape index (κ1) is 20.3. The van der Waals surface area contributed by atoms with E-state index in [2.05, 4.69) is 48.4 Å². The van der Waals surface area contributed by atoms with Gasteiger partial charge in [0.25, 0.3) is 0 Å². The van der Waals surface area contributed by atoms with Gasteiger partial charge in [-0.15, -0.1) is 0 Å². The molecule has 1 unspecified atom stereocenters. The van der Waals surface area contributed by atoms with Gasteiger partial charge in [0.2, 0.25) is 0 Å². The zero-order chi connectivity index (χ0) is 15.9. The van der Waals surface area contributed by atoms with E-state index in [1.807, 2.05) is 13.8 Å². The van der Waals surface area contributed by atoms with Crippen molar-refractivity contribution in [1.82, 2.24) is 10.2 Å². The number of nitrogens with zero attached hydrogens (tertiary/aromatic N) is 1. The summed E-state index contributed by atoms with van der Waals surface area (Å²) >= 11 is 0. The van der Waals surface area contributed by atoms with E-state index < -0.39 is 0 Å². The quantitative estimate of drug-likeness (QED) is 0.840. The highest BCUT2D eigenvalue weighted by molar-refractivity contribution is 6.11. The smallest absolute Gasteiger partial charge is 0.0717 e. The normalized spacial score (nSPS) is 19.7. The van der Waals surface area contributed by atoms with Crippen molar-refractivity contribution in [3.8, 4) is 0 Å². The van der Waals surface area contributed by atoms with Crippen LogP contribution in [0.1, 0.15) is 32.3 Å². The van der Waals surface area contributed by atoms with E-state index in [1.54, 1.807) is 0 Å². The van der Waals surface area contributed by atoms with Crippen LogP contribution >= 0.6 is 0 Å². The van der Waals surface area contributed by atoms with Gasteiger partial charge in [0.1, 0.15) is 0 Å². The van der Waals surface area contributed by atoms with Gasteiger partial charge >= 0.3 is 0 Å². The Hall–Kier alpha value is -0.730. The molecule has 0 aromatic heterocycles. The second-order valence-electron chi connectivity index (χ2n) is 4.87. The predicted molar refractivity (Wildman–Crippen MR) is 96.3 cm³/mol. The number of hydrogen-bond donors (Lipinski definition) is 1. The van der Waals surface area contributed by atoms with Gasteiger partial charge in [0, 0.05) is 6.54 Å². The van der Waals surface area contributed by atoms with E-state index in [0.717, 1.165) is 26.1 Å². The van der Waals surface area contributed by atoms with Crippen LogP contribution in [0.2, 0.25) is 12.6 Å². The third-order valence-electron chi connectivity index (χ3n) is 3.26. The summed E-state index contributed by atoms with van der Waals surface area (Å²) in [6, 6.07) is 10.6. The molecular weight excluding hydrogens is 254 g/mol. The zero-order valence-electron chi connectivity index (χ0n) is 14.0. The molecule has 1 aromatic carbocycles. The number of rotatable bonds is 2. The Balaban J connectivity index is 0.000000418. The van der Waals surface area contributed by atoms with E-state index >= 15 is 0 Å². The minimum absolute atomic E-state index is 0.392. The van der Waals surface area contributed by atoms with Crippen molar-refractivity contribution in [3.05, 3.63) is 35.9 Å². The molecule has 1 N–H and O–H groups in total. The average molecular weight is 284 g/mol. The van der Waals surface area contributed by atoms with E-state index in [0.29, 0.717) is 5.82 Å². The third kappa shape index (κ3) is 9.76. The summed E-state index contributed by atoms with van der Waals surface area (Å²) in [7, 11) is 10.3. The van der Waals surface area contributed by atoms with Crippen LogP contribution in [0.15, 0.2) is 30.3 Å². The lowest BCUT2D eigenvalue weighted by molar-refractivity contribution is 0.331. The number of likely N-dealkylation sites (tertiary alicyclic amines) is 1. The fourth-order valence-electron chi connectivity index (χ4n) is 2.02. The standard InChI is InChI=1S/C11H14BN.C3H7N.C2H6.CH3B/c12-11-6-7-13(9-11)8-10-4-2-1-3-5-10;1-2-4-3-1;2*1-2/h1-5,11H,6-9H2;4H,1-3H2;1-2H3;1H3. The summed E-state index contributed by atoms with van der Waals surface area (Å²) in [6.45, 7) is 11.2. The molecule has 2 heterocycles. The topological polar surface area (TPSA) is 15.3 Å². The van der Waals surface area contributed by atoms with Gasteiger partial charge in [-0.2, -0.15) is 0 Å². The van der Waals surface area contributed by atoms with E-state index in [9.17, 15) is 0 Å². The molecule has 0 aliphatic carbocycles. The third-order valence-corrected chi connectivity index (χ3v) is 3.26. The first-order valence-corrected chi connectivity index (χ1v) is 8.15. The number of benzene rings is 1. The summed E-state index contributed by atoms with van der Waals surface area (Å²) in [6.07, 6.45) is 2.53. The predicted octanol–water partition coefficient (Wildman–Crippen LogP) is 3.06. The molecule has 4 heteroatoms. The molecule has 21 heavy (non-hydrogen) atoms. The van der Waals surface area contributed by atoms with E-state index in [4.69, 9.17) is 7.85 Å². The molecule has 1 atom stereocenters. The van der Waals surface area contributed by atoms with Crippen molar-refractivity contribution in [2.24, 2.45) is 0 Å². The zero-order valence-corrected chi connectivity index (χ0v) is 14.0. The molecular formula is C17H30B2N2. The molecule has 0 bridgehead atoms. The van der Waals surface area contributed by atoms with Crippen molar-refractivity contribution in [3.63, 3.8) is 0 Å². The van der Waals surface area contributed by atoms with Crippen LogP contribution in [0, 0.1) is 0 Å². The SMILES string of the molecule is C1CNC1.CC.[B]C.[B]C1CCN(Cc2ccccc2)C1. The molecule has 0 spiro atoms. The van der Waals surface area contributed by atoms with Gasteiger partial charge in [-0.05, 0) is 44.6 Å². The second kappa shape index (κ2) is 14.2. The maximum atomic E-state index is 5.84. The van der Waals surface area contributed by atoms with Crippen molar-refractivity contribution in [2.75, 3.05) is 26.2 Å². The van der Waals surface area contributed by atoms with Crippen LogP contribution in [0.5, 0.6) is 0 Å². The van der Waals surface area contributed by atoms with Crippen molar-refractivity contribution in [2.45, 2.75) is 45.9 Å². The Bertz CT molecular complexity index is 312. The molecule has 4 radical (unpaired) electrons. The summed E-state index contributed by atoms with van der Waals surface area (Å²) in [5, 5.41) is 3.11. The molecule has 114 valence electrons. The number of nitrogens with one attached hydrogen (secondary N) is 1. The Kier molecular flexibility index (Phi) is 13.7. The Morgan fingerprint density at radius 1 is 1.14 bits per heavy atom. The summed E-state index contributed by atoms with van der Waals surface area (Å²) in [5.74, 6) is 0.392. The summed E-state index contributed by atoms with van der Waals surface area (Å²) < 4.78 is 0. The lowest BCUT2D eigenvalue weighted by Crippen LogP contribution is -2.29. The van der Waals surface area contributed by atoms with Crippen molar-refractivity contribution < 1.29 is 0 Å². The number of hydrogen-bond acceptors (Lipinski definition) is 2. The minimum atomic E-state index is 0.392. The molecule has 0 saturated carbocycles.